The van der Waals surface area contributed by atoms with E-state index >= 15 is 0 Å². The van der Waals surface area contributed by atoms with Crippen molar-refractivity contribution in [3.8, 4) is 0 Å². The zero-order valence-corrected chi connectivity index (χ0v) is 10.9. The molecule has 0 bridgehead atoms. The predicted octanol–water partition coefficient (Wildman–Crippen LogP) is 1.97. The maximum atomic E-state index is 4.20. The second-order valence-corrected chi connectivity index (χ2v) is 4.69. The fourth-order valence-electron chi connectivity index (χ4n) is 1.33. The first-order valence-electron chi connectivity index (χ1n) is 5.61. The van der Waals surface area contributed by atoms with Crippen LogP contribution in [0.5, 0.6) is 0 Å². The van der Waals surface area contributed by atoms with Gasteiger partial charge >= 0.3 is 0 Å². The molecule has 2 nitrogen and oxygen atoms in total. The van der Waals surface area contributed by atoms with Crippen molar-refractivity contribution in [3.63, 3.8) is 0 Å². The fourth-order valence-corrected chi connectivity index (χ4v) is 1.55. The van der Waals surface area contributed by atoms with E-state index in [1.54, 1.807) is 0 Å². The molecule has 0 N–H and O–H groups in total. The molecular formula is C11H26N2S. The minimum absolute atomic E-state index is 1.04. The van der Waals surface area contributed by atoms with Gasteiger partial charge in [0.25, 0.3) is 0 Å². The Morgan fingerprint density at radius 2 is 1.43 bits per heavy atom. The largest absolute Gasteiger partial charge is 0.308 e. The summed E-state index contributed by atoms with van der Waals surface area (Å²) in [5, 5.41) is 0. The summed E-state index contributed by atoms with van der Waals surface area (Å²) in [6.45, 7) is 3.58. The summed E-state index contributed by atoms with van der Waals surface area (Å²) < 4.78 is 0. The Morgan fingerprint density at radius 1 is 0.786 bits per heavy atom. The van der Waals surface area contributed by atoms with Gasteiger partial charge in [-0.25, -0.2) is 0 Å². The van der Waals surface area contributed by atoms with Gasteiger partial charge in [0.2, 0.25) is 0 Å². The van der Waals surface area contributed by atoms with E-state index in [1.807, 2.05) is 0 Å². The molecular weight excluding hydrogens is 192 g/mol. The van der Waals surface area contributed by atoms with Crippen molar-refractivity contribution in [2.24, 2.45) is 0 Å². The quantitative estimate of drug-likeness (QED) is 0.467. The number of unbranched alkanes of at least 4 members (excludes halogenated alkanes) is 3. The van der Waals surface area contributed by atoms with Gasteiger partial charge in [0.05, 0.1) is 0 Å². The number of nitrogens with zero attached hydrogens (tertiary/aromatic N) is 2. The highest BCUT2D eigenvalue weighted by Gasteiger charge is 1.98. The Hall–Kier alpha value is 0.270. The van der Waals surface area contributed by atoms with Gasteiger partial charge in [0.15, 0.2) is 0 Å². The van der Waals surface area contributed by atoms with E-state index in [1.165, 1.54) is 38.8 Å². The molecule has 0 fully saturated rings. The number of hydrogen-bond acceptors (Lipinski definition) is 3. The predicted molar refractivity (Wildman–Crippen MR) is 68.4 cm³/mol. The molecule has 0 aromatic rings. The van der Waals surface area contributed by atoms with Gasteiger partial charge in [-0.05, 0) is 46.3 Å². The maximum Gasteiger partial charge on any atom is 0.0106 e. The first kappa shape index (κ1) is 14.3. The standard InChI is InChI=1S/C11H26N2S/c1-12(2)9-10-13(3)8-6-4-5-7-11-14/h14H,4-11H2,1-3H3. The number of rotatable bonds is 9. The molecule has 0 aromatic heterocycles. The third kappa shape index (κ3) is 10.4. The van der Waals surface area contributed by atoms with Gasteiger partial charge in [0.1, 0.15) is 0 Å². The van der Waals surface area contributed by atoms with Crippen LogP contribution in [0, 0.1) is 0 Å². The monoisotopic (exact) mass is 218 g/mol. The van der Waals surface area contributed by atoms with Crippen LogP contribution in [-0.2, 0) is 0 Å². The number of hydrogen-bond donors (Lipinski definition) is 1. The number of likely N-dealkylation sites (N-methyl/N-ethyl adjacent to an activating group) is 2. The molecule has 0 heterocycles. The van der Waals surface area contributed by atoms with Crippen LogP contribution in [0.3, 0.4) is 0 Å². The van der Waals surface area contributed by atoms with Crippen molar-refractivity contribution < 1.29 is 0 Å². The molecule has 0 atom stereocenters. The maximum absolute atomic E-state index is 4.20. The molecule has 0 aliphatic rings. The van der Waals surface area contributed by atoms with Gasteiger partial charge in [-0.15, -0.1) is 0 Å². The van der Waals surface area contributed by atoms with E-state index < -0.39 is 0 Å². The van der Waals surface area contributed by atoms with E-state index in [9.17, 15) is 0 Å². The van der Waals surface area contributed by atoms with Crippen LogP contribution in [0.1, 0.15) is 25.7 Å². The second-order valence-electron chi connectivity index (χ2n) is 4.24. The SMILES string of the molecule is CN(C)CCN(C)CCCCCCS. The summed E-state index contributed by atoms with van der Waals surface area (Å²) >= 11 is 4.20. The summed E-state index contributed by atoms with van der Waals surface area (Å²) in [6, 6.07) is 0. The molecule has 0 saturated heterocycles. The summed E-state index contributed by atoms with van der Waals surface area (Å²) in [4.78, 5) is 4.65. The summed E-state index contributed by atoms with van der Waals surface area (Å²) in [7, 11) is 6.46. The van der Waals surface area contributed by atoms with Crippen molar-refractivity contribution in [1.82, 2.24) is 9.80 Å². The second kappa shape index (κ2) is 9.81. The van der Waals surface area contributed by atoms with Gasteiger partial charge in [-0.3, -0.25) is 0 Å². The zero-order valence-electron chi connectivity index (χ0n) is 10.00. The molecule has 3 heteroatoms. The lowest BCUT2D eigenvalue weighted by Crippen LogP contribution is -2.29. The zero-order chi connectivity index (χ0) is 10.8. The highest BCUT2D eigenvalue weighted by molar-refractivity contribution is 7.80. The van der Waals surface area contributed by atoms with E-state index in [2.05, 4.69) is 43.6 Å². The first-order valence-corrected chi connectivity index (χ1v) is 6.24. The Balaban J connectivity index is 3.14. The van der Waals surface area contributed by atoms with Crippen LogP contribution in [0.2, 0.25) is 0 Å². The average molecular weight is 218 g/mol. The fraction of sp³-hybridized carbons (Fsp3) is 1.00. The molecule has 14 heavy (non-hydrogen) atoms. The summed E-state index contributed by atoms with van der Waals surface area (Å²) in [5.74, 6) is 1.04. The summed E-state index contributed by atoms with van der Waals surface area (Å²) in [5.41, 5.74) is 0. The third-order valence-corrected chi connectivity index (χ3v) is 2.69. The highest BCUT2D eigenvalue weighted by atomic mass is 32.1. The molecule has 0 aromatic carbocycles. The van der Waals surface area contributed by atoms with E-state index in [-0.39, 0.29) is 0 Å². The topological polar surface area (TPSA) is 6.48 Å². The average Bonchev–Trinajstić information content (AvgIpc) is 2.14. The van der Waals surface area contributed by atoms with Gasteiger partial charge in [-0.1, -0.05) is 12.8 Å². The Labute approximate surface area is 95.1 Å². The van der Waals surface area contributed by atoms with Crippen molar-refractivity contribution in [1.29, 1.82) is 0 Å². The minimum Gasteiger partial charge on any atom is -0.308 e. The molecule has 0 aliphatic heterocycles. The van der Waals surface area contributed by atoms with E-state index in [4.69, 9.17) is 0 Å². The Bertz CT molecular complexity index is 118. The van der Waals surface area contributed by atoms with Crippen LogP contribution in [-0.4, -0.2) is 56.3 Å². The molecule has 0 amide bonds. The molecule has 0 radical (unpaired) electrons. The molecule has 0 aliphatic carbocycles. The van der Waals surface area contributed by atoms with Crippen LogP contribution < -0.4 is 0 Å². The molecule has 0 rings (SSSR count). The third-order valence-electron chi connectivity index (χ3n) is 2.38. The normalized spacial score (nSPS) is 11.6. The molecule has 86 valence electrons. The van der Waals surface area contributed by atoms with E-state index in [0.29, 0.717) is 0 Å². The molecule has 0 unspecified atom stereocenters. The smallest absolute Gasteiger partial charge is 0.0106 e. The first-order chi connectivity index (χ1) is 6.66. The van der Waals surface area contributed by atoms with Crippen molar-refractivity contribution in [2.45, 2.75) is 25.7 Å². The van der Waals surface area contributed by atoms with Crippen molar-refractivity contribution >= 4 is 12.6 Å². The lowest BCUT2D eigenvalue weighted by Gasteiger charge is -2.18. The minimum atomic E-state index is 1.04. The van der Waals surface area contributed by atoms with Gasteiger partial charge in [-0.2, -0.15) is 12.6 Å². The van der Waals surface area contributed by atoms with E-state index in [0.717, 1.165) is 12.3 Å². The lowest BCUT2D eigenvalue weighted by molar-refractivity contribution is 0.277. The van der Waals surface area contributed by atoms with Crippen molar-refractivity contribution in [3.05, 3.63) is 0 Å². The molecule has 0 saturated carbocycles. The Morgan fingerprint density at radius 3 is 2.00 bits per heavy atom. The molecule has 0 spiro atoms. The van der Waals surface area contributed by atoms with Crippen LogP contribution in [0.25, 0.3) is 0 Å². The Kier molecular flexibility index (Phi) is 10.0. The highest BCUT2D eigenvalue weighted by Crippen LogP contribution is 2.01. The van der Waals surface area contributed by atoms with Crippen LogP contribution in [0.15, 0.2) is 0 Å². The van der Waals surface area contributed by atoms with Crippen molar-refractivity contribution in [2.75, 3.05) is 46.5 Å². The lowest BCUT2D eigenvalue weighted by atomic mass is 10.2. The van der Waals surface area contributed by atoms with Crippen LogP contribution >= 0.6 is 12.6 Å². The van der Waals surface area contributed by atoms with Crippen LogP contribution in [0.4, 0.5) is 0 Å². The number of thiol groups is 1. The van der Waals surface area contributed by atoms with Gasteiger partial charge in [0, 0.05) is 13.1 Å². The summed E-state index contributed by atoms with van der Waals surface area (Å²) in [6.07, 6.45) is 5.29. The van der Waals surface area contributed by atoms with Gasteiger partial charge < -0.3 is 9.80 Å².